The Hall–Kier alpha value is -1.64. The Morgan fingerprint density at radius 2 is 1.80 bits per heavy atom. The molecule has 0 aliphatic carbocycles. The summed E-state index contributed by atoms with van der Waals surface area (Å²) in [6.07, 6.45) is 4.64. The molecule has 1 atom stereocenters. The van der Waals surface area contributed by atoms with Crippen molar-refractivity contribution in [2.45, 2.75) is 46.0 Å². The van der Waals surface area contributed by atoms with Gasteiger partial charge in [0.15, 0.2) is 0 Å². The van der Waals surface area contributed by atoms with E-state index in [0.29, 0.717) is 13.0 Å². The van der Waals surface area contributed by atoms with Gasteiger partial charge >= 0.3 is 5.97 Å². The number of unbranched alkanes of at least 4 members (excludes halogenated alkanes) is 2. The second kappa shape index (κ2) is 9.29. The predicted octanol–water partition coefficient (Wildman–Crippen LogP) is 3.56. The van der Waals surface area contributed by atoms with Crippen LogP contribution in [-0.4, -0.2) is 18.4 Å². The number of hydrogen-bond donors (Lipinski definition) is 0. The largest absolute Gasteiger partial charge is 0.465 e. The predicted molar refractivity (Wildman–Crippen MR) is 79.4 cm³/mol. The van der Waals surface area contributed by atoms with Gasteiger partial charge in [-0.05, 0) is 38.7 Å². The van der Waals surface area contributed by atoms with E-state index in [1.807, 2.05) is 18.2 Å². The number of esters is 1. The fraction of sp³-hybridized carbons (Fsp3) is 0.529. The number of ether oxygens (including phenoxy) is 1. The number of carbonyl (C=O) groups excluding carboxylic acids is 2. The van der Waals surface area contributed by atoms with Crippen molar-refractivity contribution < 1.29 is 14.3 Å². The number of benzene rings is 1. The van der Waals surface area contributed by atoms with Crippen LogP contribution >= 0.6 is 0 Å². The average molecular weight is 276 g/mol. The van der Waals surface area contributed by atoms with Crippen molar-refractivity contribution in [3.8, 4) is 0 Å². The summed E-state index contributed by atoms with van der Waals surface area (Å²) in [6.45, 7) is 3.55. The molecule has 0 spiro atoms. The SMILES string of the molecule is CCOC(=O)C(CCCCCc1ccccc1)C(C)=O. The quantitative estimate of drug-likeness (QED) is 0.393. The van der Waals surface area contributed by atoms with E-state index in [2.05, 4.69) is 12.1 Å². The summed E-state index contributed by atoms with van der Waals surface area (Å²) in [5, 5.41) is 0. The standard InChI is InChI=1S/C17H24O3/c1-3-20-17(19)16(14(2)18)13-9-5-8-12-15-10-6-4-7-11-15/h4,6-7,10-11,16H,3,5,8-9,12-13H2,1-2H3. The zero-order valence-electron chi connectivity index (χ0n) is 12.4. The second-order valence-corrected chi connectivity index (χ2v) is 5.00. The molecule has 0 bridgehead atoms. The van der Waals surface area contributed by atoms with E-state index in [1.54, 1.807) is 6.92 Å². The average Bonchev–Trinajstić information content (AvgIpc) is 2.43. The van der Waals surface area contributed by atoms with Crippen molar-refractivity contribution in [1.29, 1.82) is 0 Å². The molecule has 0 aliphatic heterocycles. The third-order valence-corrected chi connectivity index (χ3v) is 3.36. The van der Waals surface area contributed by atoms with Gasteiger partial charge in [-0.3, -0.25) is 9.59 Å². The smallest absolute Gasteiger partial charge is 0.316 e. The van der Waals surface area contributed by atoms with Gasteiger partial charge in [0.05, 0.1) is 6.61 Å². The molecule has 1 rings (SSSR count). The highest BCUT2D eigenvalue weighted by Crippen LogP contribution is 2.14. The normalized spacial score (nSPS) is 11.9. The van der Waals surface area contributed by atoms with Gasteiger partial charge in [-0.2, -0.15) is 0 Å². The Balaban J connectivity index is 2.24. The molecule has 0 saturated heterocycles. The van der Waals surface area contributed by atoms with E-state index in [1.165, 1.54) is 12.5 Å². The number of rotatable bonds is 9. The molecule has 1 aromatic rings. The number of hydrogen-bond acceptors (Lipinski definition) is 3. The van der Waals surface area contributed by atoms with Crippen LogP contribution in [0.15, 0.2) is 30.3 Å². The third kappa shape index (κ3) is 6.00. The minimum absolute atomic E-state index is 0.0912. The molecule has 0 fully saturated rings. The van der Waals surface area contributed by atoms with Crippen LogP contribution in [0.5, 0.6) is 0 Å². The van der Waals surface area contributed by atoms with Crippen molar-refractivity contribution in [3.63, 3.8) is 0 Å². The first-order chi connectivity index (χ1) is 9.65. The molecular formula is C17H24O3. The lowest BCUT2D eigenvalue weighted by Crippen LogP contribution is -2.24. The molecule has 110 valence electrons. The fourth-order valence-electron chi connectivity index (χ4n) is 2.23. The molecule has 0 N–H and O–H groups in total. The summed E-state index contributed by atoms with van der Waals surface area (Å²) in [4.78, 5) is 23.1. The lowest BCUT2D eigenvalue weighted by Gasteiger charge is -2.12. The molecule has 3 heteroatoms. The highest BCUT2D eigenvalue weighted by atomic mass is 16.5. The third-order valence-electron chi connectivity index (χ3n) is 3.36. The minimum Gasteiger partial charge on any atom is -0.465 e. The van der Waals surface area contributed by atoms with Gasteiger partial charge in [-0.1, -0.05) is 43.2 Å². The summed E-state index contributed by atoms with van der Waals surface area (Å²) in [5.41, 5.74) is 1.33. The second-order valence-electron chi connectivity index (χ2n) is 5.00. The van der Waals surface area contributed by atoms with Crippen LogP contribution < -0.4 is 0 Å². The molecule has 3 nitrogen and oxygen atoms in total. The lowest BCUT2D eigenvalue weighted by molar-refractivity contribution is -0.151. The zero-order chi connectivity index (χ0) is 14.8. The molecule has 0 amide bonds. The van der Waals surface area contributed by atoms with Crippen molar-refractivity contribution in [2.75, 3.05) is 6.61 Å². The van der Waals surface area contributed by atoms with E-state index < -0.39 is 5.92 Å². The molecule has 1 aromatic carbocycles. The van der Waals surface area contributed by atoms with Crippen LogP contribution in [0.25, 0.3) is 0 Å². The Bertz CT molecular complexity index is 412. The van der Waals surface area contributed by atoms with Gasteiger partial charge in [0.25, 0.3) is 0 Å². The summed E-state index contributed by atoms with van der Waals surface area (Å²) in [7, 11) is 0. The first-order valence-electron chi connectivity index (χ1n) is 7.36. The van der Waals surface area contributed by atoms with Gasteiger partial charge < -0.3 is 4.74 Å². The van der Waals surface area contributed by atoms with Gasteiger partial charge in [0, 0.05) is 0 Å². The topological polar surface area (TPSA) is 43.4 Å². The Labute approximate surface area is 121 Å². The first-order valence-corrected chi connectivity index (χ1v) is 7.36. The number of carbonyl (C=O) groups is 2. The minimum atomic E-state index is -0.577. The van der Waals surface area contributed by atoms with Crippen LogP contribution in [0.4, 0.5) is 0 Å². The van der Waals surface area contributed by atoms with Crippen LogP contribution in [-0.2, 0) is 20.7 Å². The molecule has 0 aromatic heterocycles. The van der Waals surface area contributed by atoms with Crippen molar-refractivity contribution in [1.82, 2.24) is 0 Å². The van der Waals surface area contributed by atoms with Gasteiger partial charge in [-0.25, -0.2) is 0 Å². The van der Waals surface area contributed by atoms with Crippen LogP contribution in [0, 0.1) is 5.92 Å². The maximum Gasteiger partial charge on any atom is 0.316 e. The van der Waals surface area contributed by atoms with E-state index >= 15 is 0 Å². The molecule has 20 heavy (non-hydrogen) atoms. The first kappa shape index (κ1) is 16.4. The van der Waals surface area contributed by atoms with Crippen LogP contribution in [0.1, 0.15) is 45.1 Å². The highest BCUT2D eigenvalue weighted by molar-refractivity contribution is 5.97. The molecule has 0 aliphatic rings. The van der Waals surface area contributed by atoms with E-state index in [0.717, 1.165) is 25.7 Å². The fourth-order valence-corrected chi connectivity index (χ4v) is 2.23. The Morgan fingerprint density at radius 3 is 2.40 bits per heavy atom. The summed E-state index contributed by atoms with van der Waals surface area (Å²) in [5.74, 6) is -1.04. The molecule has 1 unspecified atom stereocenters. The summed E-state index contributed by atoms with van der Waals surface area (Å²) >= 11 is 0. The van der Waals surface area contributed by atoms with E-state index in [4.69, 9.17) is 4.74 Å². The number of Topliss-reactive ketones (excluding diaryl/α,β-unsaturated/α-hetero) is 1. The maximum atomic E-state index is 11.6. The Kier molecular flexibility index (Phi) is 7.63. The highest BCUT2D eigenvalue weighted by Gasteiger charge is 2.23. The molecule has 0 saturated carbocycles. The van der Waals surface area contributed by atoms with Crippen LogP contribution in [0.3, 0.4) is 0 Å². The summed E-state index contributed by atoms with van der Waals surface area (Å²) < 4.78 is 4.93. The van der Waals surface area contributed by atoms with Gasteiger partial charge in [0.2, 0.25) is 0 Å². The molecule has 0 heterocycles. The molecule has 0 radical (unpaired) electrons. The van der Waals surface area contributed by atoms with Crippen molar-refractivity contribution in [3.05, 3.63) is 35.9 Å². The van der Waals surface area contributed by atoms with E-state index in [-0.39, 0.29) is 11.8 Å². The monoisotopic (exact) mass is 276 g/mol. The Morgan fingerprint density at radius 1 is 1.10 bits per heavy atom. The van der Waals surface area contributed by atoms with E-state index in [9.17, 15) is 9.59 Å². The zero-order valence-corrected chi connectivity index (χ0v) is 12.4. The van der Waals surface area contributed by atoms with Gasteiger partial charge in [0.1, 0.15) is 11.7 Å². The summed E-state index contributed by atoms with van der Waals surface area (Å²) in [6, 6.07) is 10.3. The van der Waals surface area contributed by atoms with Crippen molar-refractivity contribution >= 4 is 11.8 Å². The number of aryl methyl sites for hydroxylation is 1. The van der Waals surface area contributed by atoms with Crippen LogP contribution in [0.2, 0.25) is 0 Å². The molecular weight excluding hydrogens is 252 g/mol. The number of ketones is 1. The lowest BCUT2D eigenvalue weighted by atomic mass is 9.96. The maximum absolute atomic E-state index is 11.6. The van der Waals surface area contributed by atoms with Crippen molar-refractivity contribution in [2.24, 2.45) is 5.92 Å². The van der Waals surface area contributed by atoms with Gasteiger partial charge in [-0.15, -0.1) is 0 Å².